The molecule has 4 rings (SSSR count). The summed E-state index contributed by atoms with van der Waals surface area (Å²) in [6, 6.07) is 11.8. The van der Waals surface area contributed by atoms with Crippen molar-refractivity contribution in [3.63, 3.8) is 0 Å². The van der Waals surface area contributed by atoms with E-state index in [2.05, 4.69) is 40.5 Å². The van der Waals surface area contributed by atoms with Crippen LogP contribution in [0.1, 0.15) is 97.8 Å². The van der Waals surface area contributed by atoms with Crippen LogP contribution in [-0.4, -0.2) is 77.4 Å². The van der Waals surface area contributed by atoms with Crippen molar-refractivity contribution >= 4 is 50.2 Å². The molecule has 0 unspecified atom stereocenters. The van der Waals surface area contributed by atoms with Gasteiger partial charge in [0.15, 0.2) is 34.5 Å². The van der Waals surface area contributed by atoms with Crippen molar-refractivity contribution in [2.45, 2.75) is 97.8 Å². The molecule has 0 aliphatic rings. The number of fused-ring (bicyclic) bond motifs is 6. The highest BCUT2D eigenvalue weighted by molar-refractivity contribution is 6.26. The molecular weight excluding hydrogens is 805 g/mol. The number of carbonyl (C=O) groups is 3. The lowest BCUT2D eigenvalue weighted by molar-refractivity contribution is -0.139. The Morgan fingerprint density at radius 1 is 0.349 bits per heavy atom. The van der Waals surface area contributed by atoms with Gasteiger partial charge in [0, 0.05) is 18.2 Å². The van der Waals surface area contributed by atoms with Crippen LogP contribution in [0.4, 0.5) is 0 Å². The Labute approximate surface area is 372 Å². The van der Waals surface area contributed by atoms with Gasteiger partial charge >= 0.3 is 17.9 Å². The number of ether oxygens (including phenoxy) is 9. The minimum Gasteiger partial charge on any atom is -0.490 e. The zero-order valence-electron chi connectivity index (χ0n) is 37.6. The van der Waals surface area contributed by atoms with E-state index >= 15 is 0 Å². The van der Waals surface area contributed by atoms with E-state index in [1.807, 2.05) is 36.4 Å². The molecule has 342 valence electrons. The van der Waals surface area contributed by atoms with Gasteiger partial charge in [-0.1, -0.05) is 98.3 Å². The summed E-state index contributed by atoms with van der Waals surface area (Å²) in [7, 11) is 0. The third-order valence-electron chi connectivity index (χ3n) is 10.1. The molecule has 4 aromatic rings. The van der Waals surface area contributed by atoms with Crippen molar-refractivity contribution in [2.24, 2.45) is 0 Å². The lowest BCUT2D eigenvalue weighted by Crippen LogP contribution is -2.11. The maximum atomic E-state index is 11.8. The highest BCUT2D eigenvalue weighted by Crippen LogP contribution is 2.47. The van der Waals surface area contributed by atoms with Gasteiger partial charge in [-0.2, -0.15) is 0 Å². The van der Waals surface area contributed by atoms with Gasteiger partial charge in [0.25, 0.3) is 0 Å². The van der Waals surface area contributed by atoms with E-state index in [4.69, 9.17) is 42.6 Å². The number of carbonyl (C=O) groups excluding carboxylic acids is 3. The molecule has 0 bridgehead atoms. The first-order chi connectivity index (χ1) is 30.8. The van der Waals surface area contributed by atoms with Gasteiger partial charge in [0.05, 0.1) is 19.8 Å². The number of rotatable bonds is 33. The average molecular weight is 871 g/mol. The molecule has 12 heteroatoms. The number of unbranched alkanes of at least 4 members (excludes halogenated alkanes) is 9. The van der Waals surface area contributed by atoms with Crippen molar-refractivity contribution in [3.8, 4) is 34.5 Å². The van der Waals surface area contributed by atoms with Crippen molar-refractivity contribution in [3.05, 3.63) is 74.4 Å². The SMILES string of the molecule is C=CC(=O)OCCOc1cc2c(cc1OCCCCCC)c1cc(OCCOC(=O)C=C)c(OCCCCCC)cc1c1cc(OCCOC(=O)C=C)c(OCCCCCC)cc21. The van der Waals surface area contributed by atoms with E-state index in [1.54, 1.807) is 0 Å². The fourth-order valence-corrected chi connectivity index (χ4v) is 6.88. The lowest BCUT2D eigenvalue weighted by atomic mass is 9.93. The Morgan fingerprint density at radius 3 is 0.778 bits per heavy atom. The molecule has 0 aliphatic heterocycles. The van der Waals surface area contributed by atoms with Crippen molar-refractivity contribution in [1.82, 2.24) is 0 Å². The molecule has 0 spiro atoms. The Morgan fingerprint density at radius 2 is 0.571 bits per heavy atom. The fourth-order valence-electron chi connectivity index (χ4n) is 6.88. The molecule has 0 fully saturated rings. The van der Waals surface area contributed by atoms with Gasteiger partial charge in [0.2, 0.25) is 0 Å². The highest BCUT2D eigenvalue weighted by Gasteiger charge is 2.21. The second-order valence-corrected chi connectivity index (χ2v) is 14.9. The molecular formula is C51H66O12. The summed E-state index contributed by atoms with van der Waals surface area (Å²) in [4.78, 5) is 35.5. The maximum Gasteiger partial charge on any atom is 0.330 e. The lowest BCUT2D eigenvalue weighted by Gasteiger charge is -2.20. The summed E-state index contributed by atoms with van der Waals surface area (Å²) in [6.45, 7) is 18.7. The predicted octanol–water partition coefficient (Wildman–Crippen LogP) is 11.3. The van der Waals surface area contributed by atoms with Gasteiger partial charge in [0.1, 0.15) is 39.6 Å². The summed E-state index contributed by atoms with van der Waals surface area (Å²) in [5, 5.41) is 5.04. The second kappa shape index (κ2) is 27.9. The zero-order valence-corrected chi connectivity index (χ0v) is 37.6. The molecule has 0 saturated carbocycles. The van der Waals surface area contributed by atoms with Crippen LogP contribution in [0.15, 0.2) is 74.4 Å². The Kier molecular flexibility index (Phi) is 22.0. The molecule has 4 aromatic carbocycles. The van der Waals surface area contributed by atoms with Gasteiger partial charge in [-0.25, -0.2) is 14.4 Å². The molecule has 0 radical (unpaired) electrons. The van der Waals surface area contributed by atoms with Gasteiger partial charge < -0.3 is 42.6 Å². The number of esters is 3. The molecule has 0 atom stereocenters. The van der Waals surface area contributed by atoms with Crippen LogP contribution in [0.3, 0.4) is 0 Å². The van der Waals surface area contributed by atoms with E-state index in [-0.39, 0.29) is 39.6 Å². The zero-order chi connectivity index (χ0) is 45.2. The Bertz CT molecular complexity index is 1860. The molecule has 0 N–H and O–H groups in total. The van der Waals surface area contributed by atoms with E-state index in [0.717, 1.165) is 128 Å². The molecule has 0 amide bonds. The van der Waals surface area contributed by atoms with E-state index < -0.39 is 17.9 Å². The quantitative estimate of drug-likeness (QED) is 0.0148. The molecule has 63 heavy (non-hydrogen) atoms. The van der Waals surface area contributed by atoms with E-state index in [0.29, 0.717) is 54.3 Å². The number of hydrogen-bond donors (Lipinski definition) is 0. The van der Waals surface area contributed by atoms with Crippen molar-refractivity contribution < 1.29 is 57.0 Å². The Hall–Kier alpha value is -5.91. The topological polar surface area (TPSA) is 134 Å². The normalized spacial score (nSPS) is 10.9. The largest absolute Gasteiger partial charge is 0.490 e. The summed E-state index contributed by atoms with van der Waals surface area (Å²) in [6.07, 6.45) is 15.6. The monoisotopic (exact) mass is 870 g/mol. The van der Waals surface area contributed by atoms with Crippen LogP contribution in [0, 0.1) is 0 Å². The summed E-state index contributed by atoms with van der Waals surface area (Å²) in [5.41, 5.74) is 0. The molecule has 0 aliphatic carbocycles. The van der Waals surface area contributed by atoms with Crippen LogP contribution in [0.2, 0.25) is 0 Å². The smallest absolute Gasteiger partial charge is 0.330 e. The van der Waals surface area contributed by atoms with Gasteiger partial charge in [-0.05, 0) is 88.0 Å². The molecule has 0 heterocycles. The average Bonchev–Trinajstić information content (AvgIpc) is 3.30. The minimum absolute atomic E-state index is 0.0140. The minimum atomic E-state index is -0.540. The first-order valence-corrected chi connectivity index (χ1v) is 22.5. The van der Waals surface area contributed by atoms with Crippen LogP contribution < -0.4 is 28.4 Å². The number of benzene rings is 4. The van der Waals surface area contributed by atoms with Gasteiger partial charge in [-0.15, -0.1) is 0 Å². The van der Waals surface area contributed by atoms with E-state index in [1.165, 1.54) is 0 Å². The first kappa shape index (κ1) is 49.7. The van der Waals surface area contributed by atoms with E-state index in [9.17, 15) is 14.4 Å². The van der Waals surface area contributed by atoms with Crippen LogP contribution in [0.5, 0.6) is 34.5 Å². The third-order valence-corrected chi connectivity index (χ3v) is 10.1. The van der Waals surface area contributed by atoms with Crippen molar-refractivity contribution in [1.29, 1.82) is 0 Å². The first-order valence-electron chi connectivity index (χ1n) is 22.5. The third kappa shape index (κ3) is 15.7. The van der Waals surface area contributed by atoms with Crippen LogP contribution in [-0.2, 0) is 28.6 Å². The Balaban J connectivity index is 1.98. The summed E-state index contributed by atoms with van der Waals surface area (Å²) < 4.78 is 54.0. The molecule has 12 nitrogen and oxygen atoms in total. The number of hydrogen-bond acceptors (Lipinski definition) is 12. The standard InChI is InChI=1S/C51H66O12/c1-7-13-16-19-22-55-43-31-37-40(34-46(43)58-25-28-61-49(52)10-4)38-32-44(56-23-20-17-14-8-2)48(60-27-30-63-51(54)12-6)36-42(38)39-33-45(57-24-21-18-15-9-3)47(35-41(37)39)59-26-29-62-50(53)11-5/h10-12,31-36H,4-9,13-30H2,1-3H3. The van der Waals surface area contributed by atoms with Gasteiger partial charge in [-0.3, -0.25) is 0 Å². The predicted molar refractivity (Wildman–Crippen MR) is 248 cm³/mol. The van der Waals surface area contributed by atoms with Crippen molar-refractivity contribution in [2.75, 3.05) is 59.5 Å². The van der Waals surface area contributed by atoms with Crippen LogP contribution >= 0.6 is 0 Å². The van der Waals surface area contributed by atoms with Crippen LogP contribution in [0.25, 0.3) is 32.3 Å². The molecule has 0 aromatic heterocycles. The summed E-state index contributed by atoms with van der Waals surface area (Å²) >= 11 is 0. The maximum absolute atomic E-state index is 11.8. The molecule has 0 saturated heterocycles. The summed E-state index contributed by atoms with van der Waals surface area (Å²) in [5.74, 6) is 1.42. The fraction of sp³-hybridized carbons (Fsp3) is 0.471. The highest BCUT2D eigenvalue weighted by atomic mass is 16.6. The second-order valence-electron chi connectivity index (χ2n) is 14.9.